The third kappa shape index (κ3) is 39.7. The number of allylic oxidation sites excluding steroid dienone is 8. The average molecular weight is 783 g/mol. The van der Waals surface area contributed by atoms with Gasteiger partial charge >= 0.3 is 19.8 Å². The van der Waals surface area contributed by atoms with E-state index >= 15 is 0 Å². The Morgan fingerprint density at radius 1 is 0.574 bits per heavy atom. The summed E-state index contributed by atoms with van der Waals surface area (Å²) in [5, 5.41) is 0. The lowest BCUT2D eigenvalue weighted by molar-refractivity contribution is -0.870. The number of carbonyl (C=O) groups is 2. The molecule has 0 aliphatic heterocycles. The molecule has 9 nitrogen and oxygen atoms in total. The molecule has 0 spiro atoms. The van der Waals surface area contributed by atoms with Crippen molar-refractivity contribution in [3.05, 3.63) is 48.6 Å². The molecule has 0 aromatic rings. The van der Waals surface area contributed by atoms with Gasteiger partial charge in [-0.2, -0.15) is 0 Å². The Balaban J connectivity index is 4.44. The van der Waals surface area contributed by atoms with Crippen LogP contribution in [0.2, 0.25) is 0 Å². The van der Waals surface area contributed by atoms with Crippen molar-refractivity contribution in [3.63, 3.8) is 0 Å². The van der Waals surface area contributed by atoms with Crippen molar-refractivity contribution in [3.8, 4) is 0 Å². The monoisotopic (exact) mass is 783 g/mol. The molecule has 0 amide bonds. The first-order valence-electron chi connectivity index (χ1n) is 21.4. The summed E-state index contributed by atoms with van der Waals surface area (Å²) in [7, 11) is 1.45. The van der Waals surface area contributed by atoms with E-state index in [1.807, 2.05) is 21.1 Å². The van der Waals surface area contributed by atoms with Crippen molar-refractivity contribution < 1.29 is 42.1 Å². The fourth-order valence-corrected chi connectivity index (χ4v) is 6.17. The largest absolute Gasteiger partial charge is 0.472 e. The Hall–Kier alpha value is -2.03. The zero-order valence-electron chi connectivity index (χ0n) is 35.2. The zero-order chi connectivity index (χ0) is 40.0. The number of phosphoric acid groups is 1. The third-order valence-corrected chi connectivity index (χ3v) is 9.82. The Labute approximate surface area is 331 Å². The van der Waals surface area contributed by atoms with Crippen LogP contribution in [0.5, 0.6) is 0 Å². The normalized spacial score (nSPS) is 14.1. The zero-order valence-corrected chi connectivity index (χ0v) is 36.1. The molecule has 2 atom stereocenters. The standard InChI is InChI=1S/C44H80NO8P/c1-6-8-10-12-14-16-18-20-22-24-26-28-30-32-34-36-43(46)50-40-42(41-52-54(48,49)51-39-38-45(3,4)5)53-44(47)37-35-33-31-29-27-25-23-21-19-17-15-13-11-9-7-2/h14-17,20-23,42H,6-13,18-19,24-41H2,1-5H3/p+1. The van der Waals surface area contributed by atoms with Gasteiger partial charge in [0.1, 0.15) is 19.8 Å². The molecule has 0 bridgehead atoms. The second-order valence-electron chi connectivity index (χ2n) is 15.4. The van der Waals surface area contributed by atoms with Gasteiger partial charge in [0.25, 0.3) is 0 Å². The molecule has 0 saturated heterocycles. The predicted molar refractivity (Wildman–Crippen MR) is 224 cm³/mol. The first kappa shape index (κ1) is 52.0. The molecule has 314 valence electrons. The van der Waals surface area contributed by atoms with Gasteiger partial charge in [-0.05, 0) is 77.0 Å². The highest BCUT2D eigenvalue weighted by molar-refractivity contribution is 7.47. The van der Waals surface area contributed by atoms with Crippen molar-refractivity contribution in [2.75, 3.05) is 47.5 Å². The minimum atomic E-state index is -4.38. The van der Waals surface area contributed by atoms with E-state index in [0.717, 1.165) is 83.5 Å². The lowest BCUT2D eigenvalue weighted by atomic mass is 10.1. The van der Waals surface area contributed by atoms with Gasteiger partial charge in [0.2, 0.25) is 0 Å². The van der Waals surface area contributed by atoms with Crippen molar-refractivity contribution in [2.24, 2.45) is 0 Å². The van der Waals surface area contributed by atoms with Crippen LogP contribution < -0.4 is 0 Å². The van der Waals surface area contributed by atoms with Gasteiger partial charge in [-0.15, -0.1) is 0 Å². The SMILES string of the molecule is CCCCCC=CCC=CCCCCCCCC(=O)OCC(COP(=O)(O)OCC[N+](C)(C)C)OC(=O)CCCCCCCC=CCC=CCCCCC. The molecule has 54 heavy (non-hydrogen) atoms. The highest BCUT2D eigenvalue weighted by Gasteiger charge is 2.27. The van der Waals surface area contributed by atoms with E-state index in [1.54, 1.807) is 0 Å². The number of unbranched alkanes of at least 4 members (excludes halogenated alkanes) is 16. The molecule has 0 aliphatic carbocycles. The summed E-state index contributed by atoms with van der Waals surface area (Å²) in [6.07, 6.45) is 41.5. The van der Waals surface area contributed by atoms with Crippen LogP contribution in [0.15, 0.2) is 48.6 Å². The number of hydrogen-bond donors (Lipinski definition) is 1. The molecule has 10 heteroatoms. The van der Waals surface area contributed by atoms with E-state index in [2.05, 4.69) is 62.5 Å². The molecule has 1 N–H and O–H groups in total. The van der Waals surface area contributed by atoms with Gasteiger partial charge in [-0.3, -0.25) is 18.6 Å². The molecule has 0 aromatic heterocycles. The molecule has 0 radical (unpaired) electrons. The van der Waals surface area contributed by atoms with Crippen molar-refractivity contribution in [2.45, 2.75) is 174 Å². The van der Waals surface area contributed by atoms with Gasteiger partial charge in [0.05, 0.1) is 27.7 Å². The molecule has 0 heterocycles. The Bertz CT molecular complexity index is 1070. The van der Waals surface area contributed by atoms with E-state index in [-0.39, 0.29) is 32.0 Å². The minimum Gasteiger partial charge on any atom is -0.462 e. The molecular formula is C44H81NO8P+. The summed E-state index contributed by atoms with van der Waals surface area (Å²) >= 11 is 0. The summed E-state index contributed by atoms with van der Waals surface area (Å²) in [4.78, 5) is 35.3. The van der Waals surface area contributed by atoms with Crippen molar-refractivity contribution in [1.29, 1.82) is 0 Å². The smallest absolute Gasteiger partial charge is 0.462 e. The lowest BCUT2D eigenvalue weighted by Gasteiger charge is -2.24. The van der Waals surface area contributed by atoms with Gasteiger partial charge < -0.3 is 18.9 Å². The summed E-state index contributed by atoms with van der Waals surface area (Å²) in [6.45, 7) is 4.32. The highest BCUT2D eigenvalue weighted by atomic mass is 31.2. The molecule has 0 fully saturated rings. The number of ether oxygens (including phenoxy) is 2. The maximum atomic E-state index is 12.7. The van der Waals surface area contributed by atoms with E-state index in [1.165, 1.54) is 51.4 Å². The maximum absolute atomic E-state index is 12.7. The Morgan fingerprint density at radius 2 is 1.00 bits per heavy atom. The fraction of sp³-hybridized carbons (Fsp3) is 0.773. The van der Waals surface area contributed by atoms with E-state index < -0.39 is 26.5 Å². The van der Waals surface area contributed by atoms with E-state index in [4.69, 9.17) is 18.5 Å². The number of phosphoric ester groups is 1. The topological polar surface area (TPSA) is 108 Å². The van der Waals surface area contributed by atoms with Crippen LogP contribution in [0.1, 0.15) is 168 Å². The fourth-order valence-electron chi connectivity index (χ4n) is 5.43. The molecule has 0 aromatic carbocycles. The van der Waals surface area contributed by atoms with Crippen LogP contribution in [-0.2, 0) is 32.7 Å². The Kier molecular flexibility index (Phi) is 35.2. The molecule has 0 aliphatic rings. The summed E-state index contributed by atoms with van der Waals surface area (Å²) < 4.78 is 34.2. The third-order valence-electron chi connectivity index (χ3n) is 8.83. The quantitative estimate of drug-likeness (QED) is 0.0217. The van der Waals surface area contributed by atoms with E-state index in [0.29, 0.717) is 17.4 Å². The van der Waals surface area contributed by atoms with Crippen LogP contribution in [0.3, 0.4) is 0 Å². The molecule has 2 unspecified atom stereocenters. The summed E-state index contributed by atoms with van der Waals surface area (Å²) in [6, 6.07) is 0. The number of quaternary nitrogens is 1. The first-order valence-corrected chi connectivity index (χ1v) is 22.9. The average Bonchev–Trinajstić information content (AvgIpc) is 3.12. The van der Waals surface area contributed by atoms with Crippen LogP contribution in [-0.4, -0.2) is 74.9 Å². The number of nitrogens with zero attached hydrogens (tertiary/aromatic N) is 1. The molecule has 0 rings (SSSR count). The first-order chi connectivity index (χ1) is 26.0. The number of likely N-dealkylation sites (N-methyl/N-ethyl adjacent to an activating group) is 1. The van der Waals surface area contributed by atoms with E-state index in [9.17, 15) is 19.0 Å². The van der Waals surface area contributed by atoms with Gasteiger partial charge in [0.15, 0.2) is 6.10 Å². The Morgan fingerprint density at radius 3 is 1.46 bits per heavy atom. The van der Waals surface area contributed by atoms with Crippen LogP contribution in [0.4, 0.5) is 0 Å². The van der Waals surface area contributed by atoms with Gasteiger partial charge in [-0.25, -0.2) is 4.57 Å². The second kappa shape index (κ2) is 36.6. The lowest BCUT2D eigenvalue weighted by Crippen LogP contribution is -2.37. The number of hydrogen-bond acceptors (Lipinski definition) is 7. The number of carbonyl (C=O) groups excluding carboxylic acids is 2. The van der Waals surface area contributed by atoms with Crippen molar-refractivity contribution in [1.82, 2.24) is 0 Å². The van der Waals surface area contributed by atoms with Crippen LogP contribution in [0, 0.1) is 0 Å². The number of esters is 2. The second-order valence-corrected chi connectivity index (χ2v) is 16.8. The van der Waals surface area contributed by atoms with Gasteiger partial charge in [0, 0.05) is 12.8 Å². The van der Waals surface area contributed by atoms with Crippen molar-refractivity contribution >= 4 is 19.8 Å². The summed E-state index contributed by atoms with van der Waals surface area (Å²) in [5.41, 5.74) is 0. The van der Waals surface area contributed by atoms with Gasteiger partial charge in [-0.1, -0.05) is 127 Å². The highest BCUT2D eigenvalue weighted by Crippen LogP contribution is 2.43. The number of rotatable bonds is 38. The molecular weight excluding hydrogens is 701 g/mol. The maximum Gasteiger partial charge on any atom is 0.472 e. The summed E-state index contributed by atoms with van der Waals surface area (Å²) in [5.74, 6) is -0.834. The van der Waals surface area contributed by atoms with Crippen LogP contribution in [0.25, 0.3) is 0 Å². The minimum absolute atomic E-state index is 0.0249. The predicted octanol–water partition coefficient (Wildman–Crippen LogP) is 11.9. The molecule has 0 saturated carbocycles. The van der Waals surface area contributed by atoms with Crippen LogP contribution >= 0.6 is 7.82 Å².